The minimum atomic E-state index is -0.0856. The molecule has 4 rings (SSSR count). The Kier molecular flexibility index (Phi) is 4.67. The Labute approximate surface area is 159 Å². The van der Waals surface area contributed by atoms with Crippen LogP contribution in [0.3, 0.4) is 0 Å². The Morgan fingerprint density at radius 3 is 2.70 bits per heavy atom. The number of pyridine rings is 1. The van der Waals surface area contributed by atoms with E-state index in [0.29, 0.717) is 19.0 Å². The van der Waals surface area contributed by atoms with Crippen molar-refractivity contribution in [1.29, 1.82) is 0 Å². The summed E-state index contributed by atoms with van der Waals surface area (Å²) in [5.41, 5.74) is 4.01. The van der Waals surface area contributed by atoms with Gasteiger partial charge >= 0.3 is 6.03 Å². The zero-order valence-electron chi connectivity index (χ0n) is 15.6. The van der Waals surface area contributed by atoms with Gasteiger partial charge in [-0.25, -0.2) is 9.78 Å². The number of anilines is 1. The minimum absolute atomic E-state index is 0.0383. The van der Waals surface area contributed by atoms with Crippen LogP contribution >= 0.6 is 0 Å². The van der Waals surface area contributed by atoms with Crippen LogP contribution < -0.4 is 10.1 Å². The molecule has 2 amide bonds. The Bertz CT molecular complexity index is 966. The molecule has 5 heteroatoms. The highest BCUT2D eigenvalue weighted by molar-refractivity contribution is 5.89. The van der Waals surface area contributed by atoms with Crippen molar-refractivity contribution in [3.8, 4) is 5.88 Å². The molecule has 0 radical (unpaired) electrons. The lowest BCUT2D eigenvalue weighted by Crippen LogP contribution is -2.34. The first kappa shape index (κ1) is 17.3. The third-order valence-corrected chi connectivity index (χ3v) is 4.77. The number of benzene rings is 2. The van der Waals surface area contributed by atoms with E-state index < -0.39 is 0 Å². The Hall–Kier alpha value is -3.08. The molecule has 2 heterocycles. The molecule has 1 fully saturated rings. The predicted molar refractivity (Wildman–Crippen MR) is 107 cm³/mol. The highest BCUT2D eigenvalue weighted by atomic mass is 16.5. The van der Waals surface area contributed by atoms with Crippen LogP contribution in [-0.2, 0) is 0 Å². The van der Waals surface area contributed by atoms with Crippen molar-refractivity contribution in [1.82, 2.24) is 9.88 Å². The van der Waals surface area contributed by atoms with Gasteiger partial charge in [0.25, 0.3) is 0 Å². The fourth-order valence-corrected chi connectivity index (χ4v) is 3.54. The number of aryl methyl sites for hydroxylation is 2. The van der Waals surface area contributed by atoms with Gasteiger partial charge < -0.3 is 15.0 Å². The average molecular weight is 361 g/mol. The van der Waals surface area contributed by atoms with Gasteiger partial charge in [0.05, 0.1) is 12.1 Å². The van der Waals surface area contributed by atoms with Gasteiger partial charge in [-0.05, 0) is 49.2 Å². The second kappa shape index (κ2) is 7.27. The van der Waals surface area contributed by atoms with E-state index in [2.05, 4.69) is 16.4 Å². The van der Waals surface area contributed by atoms with Crippen LogP contribution in [0.1, 0.15) is 17.5 Å². The zero-order valence-corrected chi connectivity index (χ0v) is 15.6. The normalized spacial score (nSPS) is 16.5. The molecule has 1 atom stereocenters. The van der Waals surface area contributed by atoms with Gasteiger partial charge in [0, 0.05) is 30.1 Å². The second-order valence-corrected chi connectivity index (χ2v) is 7.12. The number of para-hydroxylation sites is 1. The number of nitrogens with zero attached hydrogens (tertiary/aromatic N) is 2. The number of hydrogen-bond donors (Lipinski definition) is 1. The summed E-state index contributed by atoms with van der Waals surface area (Å²) in [4.78, 5) is 18.9. The summed E-state index contributed by atoms with van der Waals surface area (Å²) in [6, 6.07) is 17.8. The van der Waals surface area contributed by atoms with Crippen molar-refractivity contribution in [3.63, 3.8) is 0 Å². The highest BCUT2D eigenvalue weighted by Crippen LogP contribution is 2.21. The maximum atomic E-state index is 12.6. The number of carbonyl (C=O) groups excluding carboxylic acids is 1. The van der Waals surface area contributed by atoms with Gasteiger partial charge in [-0.3, -0.25) is 0 Å². The van der Waals surface area contributed by atoms with Crippen molar-refractivity contribution < 1.29 is 9.53 Å². The summed E-state index contributed by atoms with van der Waals surface area (Å²) >= 11 is 0. The molecule has 1 aliphatic rings. The van der Waals surface area contributed by atoms with Crippen LogP contribution in [0.2, 0.25) is 0 Å². The quantitative estimate of drug-likeness (QED) is 0.745. The zero-order chi connectivity index (χ0) is 18.8. The van der Waals surface area contributed by atoms with E-state index in [-0.39, 0.29) is 12.1 Å². The van der Waals surface area contributed by atoms with E-state index in [9.17, 15) is 4.79 Å². The Morgan fingerprint density at radius 2 is 1.89 bits per heavy atom. The van der Waals surface area contributed by atoms with E-state index in [4.69, 9.17) is 4.74 Å². The van der Waals surface area contributed by atoms with E-state index in [1.807, 2.05) is 62.4 Å². The van der Waals surface area contributed by atoms with Crippen LogP contribution in [0.5, 0.6) is 5.88 Å². The number of rotatable bonds is 3. The molecule has 1 N–H and O–H groups in total. The molecule has 1 unspecified atom stereocenters. The molecule has 5 nitrogen and oxygen atoms in total. The summed E-state index contributed by atoms with van der Waals surface area (Å²) in [5.74, 6) is 0.607. The Balaban J connectivity index is 1.38. The fraction of sp³-hybridized carbons (Fsp3) is 0.273. The lowest BCUT2D eigenvalue weighted by atomic mass is 10.1. The number of fused-ring (bicyclic) bond motifs is 1. The summed E-state index contributed by atoms with van der Waals surface area (Å²) in [7, 11) is 0. The van der Waals surface area contributed by atoms with Crippen molar-refractivity contribution >= 4 is 22.6 Å². The molecule has 1 aromatic heterocycles. The van der Waals surface area contributed by atoms with Gasteiger partial charge in [0.2, 0.25) is 5.88 Å². The average Bonchev–Trinajstić information content (AvgIpc) is 3.09. The van der Waals surface area contributed by atoms with Crippen molar-refractivity contribution in [2.24, 2.45) is 0 Å². The fourth-order valence-electron chi connectivity index (χ4n) is 3.54. The topological polar surface area (TPSA) is 54.5 Å². The smallest absolute Gasteiger partial charge is 0.321 e. The van der Waals surface area contributed by atoms with Gasteiger partial charge in [0.1, 0.15) is 6.10 Å². The molecule has 0 saturated carbocycles. The number of carbonyl (C=O) groups is 1. The van der Waals surface area contributed by atoms with E-state index in [0.717, 1.165) is 34.1 Å². The van der Waals surface area contributed by atoms with Crippen LogP contribution in [-0.4, -0.2) is 35.1 Å². The van der Waals surface area contributed by atoms with E-state index >= 15 is 0 Å². The molecule has 3 aromatic rings. The molecule has 1 aliphatic heterocycles. The maximum Gasteiger partial charge on any atom is 0.321 e. The van der Waals surface area contributed by atoms with Crippen molar-refractivity contribution in [2.75, 3.05) is 18.4 Å². The molecule has 0 spiro atoms. The van der Waals surface area contributed by atoms with E-state index in [1.54, 1.807) is 4.90 Å². The van der Waals surface area contributed by atoms with E-state index in [1.165, 1.54) is 0 Å². The first-order valence-corrected chi connectivity index (χ1v) is 9.23. The summed E-state index contributed by atoms with van der Waals surface area (Å²) < 4.78 is 6.02. The third kappa shape index (κ3) is 4.03. The molecule has 2 aromatic carbocycles. The number of aromatic nitrogens is 1. The summed E-state index contributed by atoms with van der Waals surface area (Å²) in [6.45, 7) is 5.29. The summed E-state index contributed by atoms with van der Waals surface area (Å²) in [5, 5.41) is 4.08. The number of amides is 2. The van der Waals surface area contributed by atoms with Gasteiger partial charge in [0.15, 0.2) is 0 Å². The Morgan fingerprint density at radius 1 is 1.11 bits per heavy atom. The summed E-state index contributed by atoms with van der Waals surface area (Å²) in [6.07, 6.45) is 0.762. The second-order valence-electron chi connectivity index (χ2n) is 7.12. The van der Waals surface area contributed by atoms with Crippen LogP contribution in [0, 0.1) is 13.8 Å². The standard InChI is InChI=1S/C22H23N3O2/c1-15-11-16(2)13-18(12-15)23-22(26)25-10-9-19(14-25)27-21-8-7-17-5-3-4-6-20(17)24-21/h3-8,11-13,19H,9-10,14H2,1-2H3,(H,23,26). The molecule has 0 aliphatic carbocycles. The van der Waals surface area contributed by atoms with Crippen LogP contribution in [0.15, 0.2) is 54.6 Å². The van der Waals surface area contributed by atoms with Gasteiger partial charge in [-0.2, -0.15) is 0 Å². The SMILES string of the molecule is Cc1cc(C)cc(NC(=O)N2CCC(Oc3ccc4ccccc4n3)C2)c1. The first-order valence-electron chi connectivity index (χ1n) is 9.23. The first-order chi connectivity index (χ1) is 13.1. The lowest BCUT2D eigenvalue weighted by Gasteiger charge is -2.18. The molecule has 27 heavy (non-hydrogen) atoms. The molecule has 1 saturated heterocycles. The highest BCUT2D eigenvalue weighted by Gasteiger charge is 2.28. The number of urea groups is 1. The largest absolute Gasteiger partial charge is 0.472 e. The van der Waals surface area contributed by atoms with Crippen molar-refractivity contribution in [2.45, 2.75) is 26.4 Å². The third-order valence-electron chi connectivity index (χ3n) is 4.77. The van der Waals surface area contributed by atoms with Gasteiger partial charge in [-0.15, -0.1) is 0 Å². The van der Waals surface area contributed by atoms with Crippen LogP contribution in [0.4, 0.5) is 10.5 Å². The molecule has 0 bridgehead atoms. The minimum Gasteiger partial charge on any atom is -0.472 e. The predicted octanol–water partition coefficient (Wildman–Crippen LogP) is 4.54. The maximum absolute atomic E-state index is 12.6. The lowest BCUT2D eigenvalue weighted by molar-refractivity contribution is 0.190. The number of likely N-dealkylation sites (tertiary alicyclic amines) is 1. The molecular formula is C22H23N3O2. The van der Waals surface area contributed by atoms with Crippen LogP contribution in [0.25, 0.3) is 10.9 Å². The monoisotopic (exact) mass is 361 g/mol. The molecular weight excluding hydrogens is 338 g/mol. The number of ether oxygens (including phenoxy) is 1. The van der Waals surface area contributed by atoms with Crippen molar-refractivity contribution in [3.05, 3.63) is 65.7 Å². The number of nitrogens with one attached hydrogen (secondary N) is 1. The number of hydrogen-bond acceptors (Lipinski definition) is 3. The molecule has 138 valence electrons. The van der Waals surface area contributed by atoms with Gasteiger partial charge in [-0.1, -0.05) is 24.3 Å².